The van der Waals surface area contributed by atoms with E-state index in [1.54, 1.807) is 6.20 Å². The molecule has 20 heavy (non-hydrogen) atoms. The minimum Gasteiger partial charge on any atom is -0.335 e. The highest BCUT2D eigenvalue weighted by Crippen LogP contribution is 2.42. The molecule has 1 aromatic rings. The maximum atomic E-state index is 12.5. The fraction of sp³-hybridized carbons (Fsp3) is 0.625. The number of amides is 1. The topological polar surface area (TPSA) is 36.4 Å². The van der Waals surface area contributed by atoms with E-state index in [2.05, 4.69) is 9.88 Å². The average Bonchev–Trinajstić information content (AvgIpc) is 3.19. The zero-order valence-corrected chi connectivity index (χ0v) is 11.8. The fourth-order valence-corrected chi connectivity index (χ4v) is 3.63. The van der Waals surface area contributed by atoms with Crippen molar-refractivity contribution in [3.8, 4) is 0 Å². The number of nitrogens with zero attached hydrogens (tertiary/aromatic N) is 3. The van der Waals surface area contributed by atoms with Crippen molar-refractivity contribution < 1.29 is 4.79 Å². The molecule has 2 saturated heterocycles. The summed E-state index contributed by atoms with van der Waals surface area (Å²) in [6.45, 7) is 4.26. The number of hydrogen-bond acceptors (Lipinski definition) is 3. The second-order valence-electron chi connectivity index (χ2n) is 6.56. The van der Waals surface area contributed by atoms with E-state index in [1.807, 2.05) is 23.1 Å². The lowest BCUT2D eigenvalue weighted by Gasteiger charge is -2.51. The summed E-state index contributed by atoms with van der Waals surface area (Å²) in [6.07, 6.45) is 6.90. The zero-order valence-electron chi connectivity index (χ0n) is 11.8. The van der Waals surface area contributed by atoms with Crippen molar-refractivity contribution in [3.63, 3.8) is 0 Å². The lowest BCUT2D eigenvalue weighted by molar-refractivity contribution is -0.00935. The van der Waals surface area contributed by atoms with E-state index in [1.165, 1.54) is 32.4 Å². The molecular weight excluding hydrogens is 250 g/mol. The number of pyridine rings is 1. The number of aromatic nitrogens is 1. The van der Waals surface area contributed by atoms with Gasteiger partial charge < -0.3 is 4.90 Å². The molecule has 0 radical (unpaired) electrons. The Morgan fingerprint density at radius 3 is 2.80 bits per heavy atom. The van der Waals surface area contributed by atoms with Gasteiger partial charge in [0.25, 0.3) is 5.91 Å². The molecule has 3 heterocycles. The molecule has 0 aromatic carbocycles. The van der Waals surface area contributed by atoms with Crippen molar-refractivity contribution in [3.05, 3.63) is 30.1 Å². The van der Waals surface area contributed by atoms with Gasteiger partial charge in [0.2, 0.25) is 0 Å². The van der Waals surface area contributed by atoms with E-state index in [-0.39, 0.29) is 5.91 Å². The van der Waals surface area contributed by atoms with Crippen LogP contribution in [0.4, 0.5) is 0 Å². The highest BCUT2D eigenvalue weighted by atomic mass is 16.2. The van der Waals surface area contributed by atoms with Crippen LogP contribution in [0.3, 0.4) is 0 Å². The van der Waals surface area contributed by atoms with E-state index < -0.39 is 0 Å². The molecule has 4 heteroatoms. The molecule has 1 saturated carbocycles. The summed E-state index contributed by atoms with van der Waals surface area (Å²) in [5, 5.41) is 0. The first-order valence-corrected chi connectivity index (χ1v) is 7.72. The van der Waals surface area contributed by atoms with Crippen LogP contribution in [0.2, 0.25) is 0 Å². The molecule has 1 unspecified atom stereocenters. The van der Waals surface area contributed by atoms with Gasteiger partial charge in [-0.2, -0.15) is 0 Å². The monoisotopic (exact) mass is 271 g/mol. The van der Waals surface area contributed by atoms with E-state index >= 15 is 0 Å². The number of likely N-dealkylation sites (tertiary alicyclic amines) is 2. The van der Waals surface area contributed by atoms with Crippen molar-refractivity contribution in [1.29, 1.82) is 0 Å². The number of carbonyl (C=O) groups excluding carboxylic acids is 1. The van der Waals surface area contributed by atoms with Gasteiger partial charge in [-0.15, -0.1) is 0 Å². The van der Waals surface area contributed by atoms with Crippen molar-refractivity contribution in [1.82, 2.24) is 14.8 Å². The smallest absolute Gasteiger partial charge is 0.272 e. The molecule has 1 aromatic heterocycles. The van der Waals surface area contributed by atoms with E-state index in [4.69, 9.17) is 0 Å². The van der Waals surface area contributed by atoms with Crippen LogP contribution in [0.25, 0.3) is 0 Å². The van der Waals surface area contributed by atoms with Gasteiger partial charge in [0.05, 0.1) is 0 Å². The van der Waals surface area contributed by atoms with Crippen molar-refractivity contribution in [2.75, 3.05) is 26.2 Å². The Labute approximate surface area is 119 Å². The van der Waals surface area contributed by atoms with Gasteiger partial charge in [-0.3, -0.25) is 14.7 Å². The van der Waals surface area contributed by atoms with Gasteiger partial charge in [0.1, 0.15) is 5.69 Å². The lowest BCUT2D eigenvalue weighted by atomic mass is 9.83. The van der Waals surface area contributed by atoms with E-state index in [0.717, 1.165) is 25.4 Å². The first-order valence-electron chi connectivity index (χ1n) is 7.72. The second kappa shape index (κ2) is 4.55. The molecule has 1 atom stereocenters. The predicted octanol–water partition coefficient (Wildman–Crippen LogP) is 1.78. The largest absolute Gasteiger partial charge is 0.335 e. The third-order valence-electron chi connectivity index (χ3n) is 5.20. The number of carbonyl (C=O) groups is 1. The second-order valence-corrected chi connectivity index (χ2v) is 6.56. The van der Waals surface area contributed by atoms with Crippen molar-refractivity contribution in [2.24, 2.45) is 5.92 Å². The summed E-state index contributed by atoms with van der Waals surface area (Å²) in [7, 11) is 0. The summed E-state index contributed by atoms with van der Waals surface area (Å²) in [6, 6.07) is 5.55. The molecule has 2 aliphatic heterocycles. The molecule has 106 valence electrons. The van der Waals surface area contributed by atoms with Crippen LogP contribution in [0.15, 0.2) is 24.4 Å². The summed E-state index contributed by atoms with van der Waals surface area (Å²) in [5.74, 6) is 1.04. The Hall–Kier alpha value is -1.42. The van der Waals surface area contributed by atoms with Gasteiger partial charge in [-0.05, 0) is 43.7 Å². The summed E-state index contributed by atoms with van der Waals surface area (Å²) in [5.41, 5.74) is 0.880. The Kier molecular flexibility index (Phi) is 2.81. The van der Waals surface area contributed by atoms with Crippen molar-refractivity contribution in [2.45, 2.75) is 31.2 Å². The molecule has 1 amide bonds. The first-order chi connectivity index (χ1) is 9.77. The molecule has 3 aliphatic rings. The van der Waals surface area contributed by atoms with Gasteiger partial charge in [-0.25, -0.2) is 0 Å². The fourth-order valence-electron chi connectivity index (χ4n) is 3.63. The number of hydrogen-bond donors (Lipinski definition) is 0. The van der Waals surface area contributed by atoms with Crippen LogP contribution in [0, 0.1) is 5.92 Å². The molecule has 1 aliphatic carbocycles. The zero-order chi connectivity index (χ0) is 13.6. The van der Waals surface area contributed by atoms with Crippen LogP contribution in [-0.4, -0.2) is 52.4 Å². The van der Waals surface area contributed by atoms with Gasteiger partial charge in [-0.1, -0.05) is 6.07 Å². The maximum Gasteiger partial charge on any atom is 0.272 e. The summed E-state index contributed by atoms with van der Waals surface area (Å²) >= 11 is 0. The Morgan fingerprint density at radius 1 is 1.30 bits per heavy atom. The molecule has 4 rings (SSSR count). The summed E-state index contributed by atoms with van der Waals surface area (Å²) in [4.78, 5) is 21.3. The Balaban J connectivity index is 1.44. The molecule has 4 nitrogen and oxygen atoms in total. The predicted molar refractivity (Wildman–Crippen MR) is 76.4 cm³/mol. The standard InChI is InChI=1S/C16H21N3O/c20-15(14-3-1-2-8-17-14)18-9-6-16(12-18)7-10-19(16)11-13-4-5-13/h1-3,8,13H,4-7,9-12H2. The Bertz CT molecular complexity index is 514. The molecule has 0 bridgehead atoms. The normalized spacial score (nSPS) is 29.7. The highest BCUT2D eigenvalue weighted by molar-refractivity contribution is 5.92. The first kappa shape index (κ1) is 12.3. The third kappa shape index (κ3) is 2.03. The van der Waals surface area contributed by atoms with Crippen molar-refractivity contribution >= 4 is 5.91 Å². The lowest BCUT2D eigenvalue weighted by Crippen LogP contribution is -2.61. The minimum atomic E-state index is 0.0979. The number of rotatable bonds is 3. The van der Waals surface area contributed by atoms with Crippen LogP contribution in [-0.2, 0) is 0 Å². The molecule has 3 fully saturated rings. The van der Waals surface area contributed by atoms with E-state index in [9.17, 15) is 4.79 Å². The van der Waals surface area contributed by atoms with E-state index in [0.29, 0.717) is 11.2 Å². The highest BCUT2D eigenvalue weighted by Gasteiger charge is 2.51. The maximum absolute atomic E-state index is 12.5. The van der Waals surface area contributed by atoms with Gasteiger partial charge >= 0.3 is 0 Å². The van der Waals surface area contributed by atoms with Crippen LogP contribution < -0.4 is 0 Å². The molecule has 0 N–H and O–H groups in total. The Morgan fingerprint density at radius 2 is 2.15 bits per heavy atom. The van der Waals surface area contributed by atoms with Crippen LogP contribution in [0.5, 0.6) is 0 Å². The summed E-state index contributed by atoms with van der Waals surface area (Å²) < 4.78 is 0. The van der Waals surface area contributed by atoms with Gasteiger partial charge in [0.15, 0.2) is 0 Å². The molecular formula is C16H21N3O. The third-order valence-corrected chi connectivity index (χ3v) is 5.20. The SMILES string of the molecule is O=C(c1ccccn1)N1CCC2(CCN2CC2CC2)C1. The quantitative estimate of drug-likeness (QED) is 0.841. The minimum absolute atomic E-state index is 0.0979. The van der Waals surface area contributed by atoms with Gasteiger partial charge in [0, 0.05) is 37.9 Å². The molecule has 1 spiro atoms. The van der Waals surface area contributed by atoms with Crippen LogP contribution >= 0.6 is 0 Å². The van der Waals surface area contributed by atoms with Crippen LogP contribution in [0.1, 0.15) is 36.2 Å². The average molecular weight is 271 g/mol.